The fourth-order valence-corrected chi connectivity index (χ4v) is 2.31. The Kier molecular flexibility index (Phi) is 5.60. The Labute approximate surface area is 112 Å². The molecule has 4 heteroatoms. The Hall–Kier alpha value is -0.610. The van der Waals surface area contributed by atoms with Gasteiger partial charge in [0, 0.05) is 38.3 Å². The van der Waals surface area contributed by atoms with Crippen molar-refractivity contribution >= 4 is 5.91 Å². The summed E-state index contributed by atoms with van der Waals surface area (Å²) in [7, 11) is 0. The molecule has 106 valence electrons. The average molecular weight is 255 g/mol. The van der Waals surface area contributed by atoms with Gasteiger partial charge in [-0.3, -0.25) is 9.69 Å². The molecule has 1 aliphatic rings. The molecule has 0 unspecified atom stereocenters. The number of amides is 1. The molecule has 0 radical (unpaired) electrons. The van der Waals surface area contributed by atoms with Crippen molar-refractivity contribution in [2.75, 3.05) is 39.3 Å². The van der Waals surface area contributed by atoms with Crippen molar-refractivity contribution in [3.8, 4) is 0 Å². The zero-order chi connectivity index (χ0) is 13.8. The van der Waals surface area contributed by atoms with Crippen LogP contribution in [-0.2, 0) is 4.79 Å². The van der Waals surface area contributed by atoms with E-state index >= 15 is 0 Å². The summed E-state index contributed by atoms with van der Waals surface area (Å²) in [6, 6.07) is 0. The van der Waals surface area contributed by atoms with Crippen molar-refractivity contribution in [3.05, 3.63) is 0 Å². The monoisotopic (exact) mass is 255 g/mol. The molecule has 1 heterocycles. The minimum Gasteiger partial charge on any atom is -0.350 e. The summed E-state index contributed by atoms with van der Waals surface area (Å²) in [5.41, 5.74) is -0.128. The molecular weight excluding hydrogens is 226 g/mol. The highest BCUT2D eigenvalue weighted by atomic mass is 16.2. The highest BCUT2D eigenvalue weighted by Gasteiger charge is 2.21. The van der Waals surface area contributed by atoms with Crippen molar-refractivity contribution < 1.29 is 4.79 Å². The predicted octanol–water partition coefficient (Wildman–Crippen LogP) is 1.17. The molecule has 0 aromatic heterocycles. The summed E-state index contributed by atoms with van der Waals surface area (Å²) < 4.78 is 0. The van der Waals surface area contributed by atoms with Crippen LogP contribution in [0.4, 0.5) is 0 Å². The lowest BCUT2D eigenvalue weighted by Crippen LogP contribution is -2.52. The molecule has 0 aromatic rings. The number of nitrogens with zero attached hydrogens (tertiary/aromatic N) is 2. The molecule has 1 saturated heterocycles. The quantitative estimate of drug-likeness (QED) is 0.819. The van der Waals surface area contributed by atoms with Crippen molar-refractivity contribution in [1.29, 1.82) is 0 Å². The third kappa shape index (κ3) is 6.36. The van der Waals surface area contributed by atoms with Gasteiger partial charge >= 0.3 is 0 Å². The number of carbonyl (C=O) groups is 1. The van der Waals surface area contributed by atoms with E-state index in [0.29, 0.717) is 6.54 Å². The van der Waals surface area contributed by atoms with Crippen molar-refractivity contribution in [1.82, 2.24) is 15.1 Å². The largest absolute Gasteiger partial charge is 0.350 e. The van der Waals surface area contributed by atoms with E-state index in [1.807, 2.05) is 20.8 Å². The van der Waals surface area contributed by atoms with Crippen LogP contribution < -0.4 is 5.32 Å². The van der Waals surface area contributed by atoms with Gasteiger partial charge in [-0.15, -0.1) is 0 Å². The normalized spacial score (nSPS) is 19.2. The third-order valence-corrected chi connectivity index (χ3v) is 2.97. The third-order valence-electron chi connectivity index (χ3n) is 2.97. The van der Waals surface area contributed by atoms with Gasteiger partial charge < -0.3 is 10.2 Å². The summed E-state index contributed by atoms with van der Waals surface area (Å²) >= 11 is 0. The second kappa shape index (κ2) is 6.53. The first-order valence-electron chi connectivity index (χ1n) is 7.02. The van der Waals surface area contributed by atoms with E-state index in [1.165, 1.54) is 6.54 Å². The highest BCUT2D eigenvalue weighted by Crippen LogP contribution is 2.05. The molecule has 4 nitrogen and oxygen atoms in total. The van der Waals surface area contributed by atoms with Crippen LogP contribution in [-0.4, -0.2) is 60.5 Å². The van der Waals surface area contributed by atoms with Gasteiger partial charge in [-0.05, 0) is 26.7 Å². The molecule has 1 rings (SSSR count). The summed E-state index contributed by atoms with van der Waals surface area (Å²) in [5, 5.41) is 3.02. The topological polar surface area (TPSA) is 35.6 Å². The van der Waals surface area contributed by atoms with Crippen LogP contribution in [0.3, 0.4) is 0 Å². The maximum Gasteiger partial charge on any atom is 0.234 e. The molecule has 0 atom stereocenters. The number of piperazine rings is 1. The lowest BCUT2D eigenvalue weighted by atomic mass is 10.1. The van der Waals surface area contributed by atoms with Gasteiger partial charge in [0.1, 0.15) is 0 Å². The van der Waals surface area contributed by atoms with Gasteiger partial charge in [0.25, 0.3) is 0 Å². The Morgan fingerprint density at radius 1 is 1.11 bits per heavy atom. The van der Waals surface area contributed by atoms with E-state index in [2.05, 4.69) is 29.0 Å². The van der Waals surface area contributed by atoms with Crippen LogP contribution in [0, 0.1) is 5.92 Å². The lowest BCUT2D eigenvalue weighted by molar-refractivity contribution is -0.124. The second-order valence-corrected chi connectivity index (χ2v) is 6.77. The molecule has 1 fully saturated rings. The molecule has 1 amide bonds. The van der Waals surface area contributed by atoms with Crippen molar-refractivity contribution in [2.24, 2.45) is 5.92 Å². The maximum atomic E-state index is 11.8. The summed E-state index contributed by atoms with van der Waals surface area (Å²) in [6.45, 7) is 16.4. The number of hydrogen-bond acceptors (Lipinski definition) is 3. The zero-order valence-corrected chi connectivity index (χ0v) is 12.6. The Morgan fingerprint density at radius 2 is 1.61 bits per heavy atom. The van der Waals surface area contributed by atoms with E-state index in [9.17, 15) is 4.79 Å². The maximum absolute atomic E-state index is 11.8. The number of nitrogens with one attached hydrogen (secondary N) is 1. The standard InChI is InChI=1S/C14H29N3O/c1-12(2)10-16-6-8-17(9-7-16)11-13(18)15-14(3,4)5/h12H,6-11H2,1-5H3,(H,15,18). The first-order valence-corrected chi connectivity index (χ1v) is 7.02. The van der Waals surface area contributed by atoms with Gasteiger partial charge in [0.2, 0.25) is 5.91 Å². The first-order chi connectivity index (χ1) is 8.26. The number of carbonyl (C=O) groups excluding carboxylic acids is 1. The van der Waals surface area contributed by atoms with E-state index in [1.54, 1.807) is 0 Å². The number of rotatable bonds is 4. The second-order valence-electron chi connectivity index (χ2n) is 6.77. The van der Waals surface area contributed by atoms with Gasteiger partial charge in [-0.2, -0.15) is 0 Å². The van der Waals surface area contributed by atoms with Crippen LogP contribution in [0.1, 0.15) is 34.6 Å². The Bertz CT molecular complexity index is 263. The van der Waals surface area contributed by atoms with Gasteiger partial charge in [-0.25, -0.2) is 0 Å². The Balaban J connectivity index is 2.25. The van der Waals surface area contributed by atoms with E-state index < -0.39 is 0 Å². The van der Waals surface area contributed by atoms with E-state index in [0.717, 1.165) is 32.1 Å². The summed E-state index contributed by atoms with van der Waals surface area (Å²) in [6.07, 6.45) is 0. The average Bonchev–Trinajstić information content (AvgIpc) is 2.17. The fourth-order valence-electron chi connectivity index (χ4n) is 2.31. The fraction of sp³-hybridized carbons (Fsp3) is 0.929. The van der Waals surface area contributed by atoms with Crippen molar-refractivity contribution in [2.45, 2.75) is 40.2 Å². The molecule has 1 N–H and O–H groups in total. The van der Waals surface area contributed by atoms with Crippen LogP contribution in [0.25, 0.3) is 0 Å². The molecule has 0 aliphatic carbocycles. The molecule has 0 aromatic carbocycles. The molecular formula is C14H29N3O. The first kappa shape index (κ1) is 15.4. The van der Waals surface area contributed by atoms with Crippen LogP contribution in [0.2, 0.25) is 0 Å². The highest BCUT2D eigenvalue weighted by molar-refractivity contribution is 5.78. The zero-order valence-electron chi connectivity index (χ0n) is 12.6. The smallest absolute Gasteiger partial charge is 0.234 e. The van der Waals surface area contributed by atoms with Gasteiger partial charge in [0.15, 0.2) is 0 Å². The summed E-state index contributed by atoms with van der Waals surface area (Å²) in [4.78, 5) is 16.6. The van der Waals surface area contributed by atoms with Crippen LogP contribution >= 0.6 is 0 Å². The van der Waals surface area contributed by atoms with Crippen LogP contribution in [0.15, 0.2) is 0 Å². The predicted molar refractivity (Wildman–Crippen MR) is 75.6 cm³/mol. The lowest BCUT2D eigenvalue weighted by Gasteiger charge is -2.35. The SMILES string of the molecule is CC(C)CN1CCN(CC(=O)NC(C)(C)C)CC1. The minimum absolute atomic E-state index is 0.128. The van der Waals surface area contributed by atoms with Gasteiger partial charge in [-0.1, -0.05) is 13.8 Å². The van der Waals surface area contributed by atoms with E-state index in [-0.39, 0.29) is 11.4 Å². The minimum atomic E-state index is -0.128. The van der Waals surface area contributed by atoms with E-state index in [4.69, 9.17) is 0 Å². The number of hydrogen-bond donors (Lipinski definition) is 1. The van der Waals surface area contributed by atoms with Crippen molar-refractivity contribution in [3.63, 3.8) is 0 Å². The molecule has 0 saturated carbocycles. The molecule has 1 aliphatic heterocycles. The Morgan fingerprint density at radius 3 is 2.06 bits per heavy atom. The molecule has 18 heavy (non-hydrogen) atoms. The van der Waals surface area contributed by atoms with Crippen LogP contribution in [0.5, 0.6) is 0 Å². The summed E-state index contributed by atoms with van der Waals surface area (Å²) in [5.74, 6) is 0.862. The molecule has 0 bridgehead atoms. The molecule has 0 spiro atoms. The van der Waals surface area contributed by atoms with Gasteiger partial charge in [0.05, 0.1) is 6.54 Å².